The fraction of sp³-hybridized carbons (Fsp3) is 0.200. The average Bonchev–Trinajstić information content (AvgIpc) is 3.15. The molecular formula is C20H21N3O3. The summed E-state index contributed by atoms with van der Waals surface area (Å²) in [7, 11) is 3.24. The lowest BCUT2D eigenvalue weighted by atomic mass is 10.1. The van der Waals surface area contributed by atoms with Crippen molar-refractivity contribution in [3.8, 4) is 17.2 Å². The lowest BCUT2D eigenvalue weighted by Gasteiger charge is -2.06. The molecule has 0 fully saturated rings. The minimum absolute atomic E-state index is 0.0581. The van der Waals surface area contributed by atoms with Gasteiger partial charge in [-0.25, -0.2) is 4.68 Å². The first-order chi connectivity index (χ1) is 12.7. The molecule has 6 heteroatoms. The molecule has 0 radical (unpaired) electrons. The van der Waals surface area contributed by atoms with Crippen LogP contribution in [0, 0.1) is 0 Å². The summed E-state index contributed by atoms with van der Waals surface area (Å²) in [5.74, 6) is 1.48. The van der Waals surface area contributed by atoms with Gasteiger partial charge in [-0.3, -0.25) is 4.79 Å². The van der Waals surface area contributed by atoms with Crippen molar-refractivity contribution in [2.75, 3.05) is 14.2 Å². The lowest BCUT2D eigenvalue weighted by molar-refractivity contribution is -0.120. The zero-order chi connectivity index (χ0) is 18.4. The van der Waals surface area contributed by atoms with Gasteiger partial charge < -0.3 is 14.8 Å². The van der Waals surface area contributed by atoms with E-state index in [1.807, 2.05) is 60.8 Å². The molecule has 0 atom stereocenters. The van der Waals surface area contributed by atoms with Crippen molar-refractivity contribution >= 4 is 5.91 Å². The van der Waals surface area contributed by atoms with Gasteiger partial charge in [0, 0.05) is 6.20 Å². The van der Waals surface area contributed by atoms with Crippen molar-refractivity contribution < 1.29 is 14.3 Å². The van der Waals surface area contributed by atoms with E-state index >= 15 is 0 Å². The maximum atomic E-state index is 12.1. The number of nitrogens with one attached hydrogen (secondary N) is 1. The van der Waals surface area contributed by atoms with Crippen LogP contribution in [0.15, 0.2) is 60.8 Å². The number of aromatic nitrogens is 2. The number of methoxy groups -OCH3 is 2. The third-order valence-corrected chi connectivity index (χ3v) is 3.95. The van der Waals surface area contributed by atoms with Crippen LogP contribution in [0.3, 0.4) is 0 Å². The summed E-state index contributed by atoms with van der Waals surface area (Å²) in [5, 5.41) is 7.38. The SMILES string of the molecule is COc1ccc(-n2ccc(CNC(=O)Cc3cccc(OC)c3)n2)cc1. The molecule has 1 heterocycles. The number of carbonyl (C=O) groups excluding carboxylic acids is 1. The summed E-state index contributed by atoms with van der Waals surface area (Å²) in [6.07, 6.45) is 2.17. The van der Waals surface area contributed by atoms with E-state index in [0.29, 0.717) is 13.0 Å². The summed E-state index contributed by atoms with van der Waals surface area (Å²) in [4.78, 5) is 12.1. The lowest BCUT2D eigenvalue weighted by Crippen LogP contribution is -2.24. The van der Waals surface area contributed by atoms with E-state index < -0.39 is 0 Å². The molecule has 26 heavy (non-hydrogen) atoms. The average molecular weight is 351 g/mol. The van der Waals surface area contributed by atoms with E-state index in [4.69, 9.17) is 9.47 Å². The van der Waals surface area contributed by atoms with Crippen molar-refractivity contribution in [1.29, 1.82) is 0 Å². The first-order valence-electron chi connectivity index (χ1n) is 8.26. The summed E-state index contributed by atoms with van der Waals surface area (Å²) in [5.41, 5.74) is 2.63. The molecule has 0 saturated carbocycles. The Morgan fingerprint density at radius 1 is 1.04 bits per heavy atom. The smallest absolute Gasteiger partial charge is 0.224 e. The predicted octanol–water partition coefficient (Wildman–Crippen LogP) is 2.75. The number of rotatable bonds is 7. The van der Waals surface area contributed by atoms with Gasteiger partial charge in [0.05, 0.1) is 38.6 Å². The Morgan fingerprint density at radius 2 is 1.81 bits per heavy atom. The summed E-state index contributed by atoms with van der Waals surface area (Å²) >= 11 is 0. The van der Waals surface area contributed by atoms with Crippen LogP contribution >= 0.6 is 0 Å². The molecule has 6 nitrogen and oxygen atoms in total. The van der Waals surface area contributed by atoms with Gasteiger partial charge in [0.2, 0.25) is 5.91 Å². The molecule has 1 N–H and O–H groups in total. The number of nitrogens with zero attached hydrogens (tertiary/aromatic N) is 2. The monoisotopic (exact) mass is 351 g/mol. The molecule has 0 unspecified atom stereocenters. The highest BCUT2D eigenvalue weighted by molar-refractivity contribution is 5.78. The highest BCUT2D eigenvalue weighted by atomic mass is 16.5. The Bertz CT molecular complexity index is 872. The van der Waals surface area contributed by atoms with E-state index in [0.717, 1.165) is 28.4 Å². The van der Waals surface area contributed by atoms with Crippen LogP contribution < -0.4 is 14.8 Å². The van der Waals surface area contributed by atoms with Crippen LogP contribution in [0.1, 0.15) is 11.3 Å². The van der Waals surface area contributed by atoms with E-state index in [-0.39, 0.29) is 5.91 Å². The maximum Gasteiger partial charge on any atom is 0.224 e. The molecule has 1 amide bonds. The fourth-order valence-electron chi connectivity index (χ4n) is 2.55. The van der Waals surface area contributed by atoms with E-state index in [2.05, 4.69) is 10.4 Å². The van der Waals surface area contributed by atoms with Gasteiger partial charge >= 0.3 is 0 Å². The Kier molecular flexibility index (Phi) is 5.53. The molecule has 0 aliphatic heterocycles. The first-order valence-corrected chi connectivity index (χ1v) is 8.26. The van der Waals surface area contributed by atoms with Crippen molar-refractivity contribution in [2.24, 2.45) is 0 Å². The minimum atomic E-state index is -0.0581. The third kappa shape index (κ3) is 4.42. The molecule has 0 bridgehead atoms. The van der Waals surface area contributed by atoms with E-state index in [1.54, 1.807) is 18.9 Å². The van der Waals surface area contributed by atoms with Crippen LogP contribution in [-0.2, 0) is 17.8 Å². The van der Waals surface area contributed by atoms with Crippen LogP contribution in [-0.4, -0.2) is 29.9 Å². The minimum Gasteiger partial charge on any atom is -0.497 e. The number of carbonyl (C=O) groups is 1. The Hall–Kier alpha value is -3.28. The summed E-state index contributed by atoms with van der Waals surface area (Å²) in [6, 6.07) is 17.0. The number of hydrogen-bond donors (Lipinski definition) is 1. The summed E-state index contributed by atoms with van der Waals surface area (Å²) < 4.78 is 12.1. The van der Waals surface area contributed by atoms with Crippen LogP contribution in [0.4, 0.5) is 0 Å². The van der Waals surface area contributed by atoms with E-state index in [1.165, 1.54) is 0 Å². The van der Waals surface area contributed by atoms with Gasteiger partial charge in [-0.2, -0.15) is 5.10 Å². The zero-order valence-electron chi connectivity index (χ0n) is 14.8. The highest BCUT2D eigenvalue weighted by Crippen LogP contribution is 2.15. The number of benzene rings is 2. The normalized spacial score (nSPS) is 10.4. The zero-order valence-corrected chi connectivity index (χ0v) is 14.8. The van der Waals surface area contributed by atoms with Crippen molar-refractivity contribution in [2.45, 2.75) is 13.0 Å². The topological polar surface area (TPSA) is 65.4 Å². The second-order valence-electron chi connectivity index (χ2n) is 5.75. The second-order valence-corrected chi connectivity index (χ2v) is 5.75. The van der Waals surface area contributed by atoms with Crippen LogP contribution in [0.2, 0.25) is 0 Å². The first kappa shape index (κ1) is 17.5. The number of hydrogen-bond acceptors (Lipinski definition) is 4. The maximum absolute atomic E-state index is 12.1. The van der Waals surface area contributed by atoms with Crippen LogP contribution in [0.5, 0.6) is 11.5 Å². The molecule has 2 aromatic carbocycles. The van der Waals surface area contributed by atoms with Crippen molar-refractivity contribution in [3.63, 3.8) is 0 Å². The van der Waals surface area contributed by atoms with Crippen molar-refractivity contribution in [3.05, 3.63) is 72.1 Å². The molecular weight excluding hydrogens is 330 g/mol. The van der Waals surface area contributed by atoms with Gasteiger partial charge in [-0.05, 0) is 48.0 Å². The van der Waals surface area contributed by atoms with E-state index in [9.17, 15) is 4.79 Å². The largest absolute Gasteiger partial charge is 0.497 e. The quantitative estimate of drug-likeness (QED) is 0.711. The Labute approximate surface area is 152 Å². The van der Waals surface area contributed by atoms with Gasteiger partial charge in [0.1, 0.15) is 11.5 Å². The number of ether oxygens (including phenoxy) is 2. The van der Waals surface area contributed by atoms with Gasteiger partial charge in [0.15, 0.2) is 0 Å². The predicted molar refractivity (Wildman–Crippen MR) is 98.7 cm³/mol. The van der Waals surface area contributed by atoms with Gasteiger partial charge in [-0.1, -0.05) is 12.1 Å². The standard InChI is InChI=1S/C20H21N3O3/c1-25-18-8-6-17(7-9-18)23-11-10-16(22-23)14-21-20(24)13-15-4-3-5-19(12-15)26-2/h3-12H,13-14H2,1-2H3,(H,21,24). The van der Waals surface area contributed by atoms with Gasteiger partial charge in [-0.15, -0.1) is 0 Å². The molecule has 0 saturated heterocycles. The number of amides is 1. The Morgan fingerprint density at radius 3 is 2.54 bits per heavy atom. The Balaban J connectivity index is 1.56. The molecule has 0 spiro atoms. The molecule has 3 rings (SSSR count). The molecule has 0 aliphatic carbocycles. The molecule has 3 aromatic rings. The summed E-state index contributed by atoms with van der Waals surface area (Å²) in [6.45, 7) is 0.381. The highest BCUT2D eigenvalue weighted by Gasteiger charge is 2.07. The molecule has 134 valence electrons. The molecule has 1 aromatic heterocycles. The fourth-order valence-corrected chi connectivity index (χ4v) is 2.55. The third-order valence-electron chi connectivity index (χ3n) is 3.95. The van der Waals surface area contributed by atoms with Crippen molar-refractivity contribution in [1.82, 2.24) is 15.1 Å². The molecule has 0 aliphatic rings. The van der Waals surface area contributed by atoms with Crippen LogP contribution in [0.25, 0.3) is 5.69 Å². The van der Waals surface area contributed by atoms with Gasteiger partial charge in [0.25, 0.3) is 0 Å². The second kappa shape index (κ2) is 8.20.